The van der Waals surface area contributed by atoms with E-state index >= 15 is 0 Å². The molecule has 0 spiro atoms. The molecule has 0 fully saturated rings. The van der Waals surface area contributed by atoms with Gasteiger partial charge in [0.25, 0.3) is 0 Å². The molecule has 2 aromatic carbocycles. The molecule has 1 N–H and O–H groups in total. The molecular formula is C16H16Cl2N2O2. The second-order valence-electron chi connectivity index (χ2n) is 4.63. The number of carbonyl (C=O) groups is 1. The molecule has 0 bridgehead atoms. The Balaban J connectivity index is 1.79. The van der Waals surface area contributed by atoms with Gasteiger partial charge in [-0.05, 0) is 36.4 Å². The molecule has 2 amide bonds. The number of halogens is 2. The number of nitrogens with one attached hydrogen (secondary N) is 1. The molecule has 6 heteroatoms. The van der Waals surface area contributed by atoms with Gasteiger partial charge in [-0.15, -0.1) is 0 Å². The molecule has 0 aromatic heterocycles. The van der Waals surface area contributed by atoms with E-state index in [2.05, 4.69) is 5.32 Å². The predicted octanol–water partition coefficient (Wildman–Crippen LogP) is 4.54. The maximum absolute atomic E-state index is 12.0. The number of nitrogens with zero attached hydrogens (tertiary/aromatic N) is 1. The minimum absolute atomic E-state index is 0.243. The number of likely N-dealkylation sites (N-methyl/N-ethyl adjacent to an activating group) is 1. The molecule has 0 aliphatic carbocycles. The highest BCUT2D eigenvalue weighted by molar-refractivity contribution is 6.33. The van der Waals surface area contributed by atoms with E-state index in [1.54, 1.807) is 43.4 Å². The molecule has 0 atom stereocenters. The number of para-hydroxylation sites is 1. The molecule has 0 unspecified atom stereocenters. The molecule has 0 aliphatic rings. The first-order valence-corrected chi connectivity index (χ1v) is 7.47. The fourth-order valence-corrected chi connectivity index (χ4v) is 2.01. The van der Waals surface area contributed by atoms with Gasteiger partial charge in [0, 0.05) is 12.1 Å². The predicted molar refractivity (Wildman–Crippen MR) is 90.0 cm³/mol. The Kier molecular flexibility index (Phi) is 5.92. The summed E-state index contributed by atoms with van der Waals surface area (Å²) in [5, 5.41) is 3.91. The van der Waals surface area contributed by atoms with E-state index in [0.717, 1.165) is 0 Å². The molecule has 0 aliphatic heterocycles. The Bertz CT molecular complexity index is 632. The average molecular weight is 339 g/mol. The van der Waals surface area contributed by atoms with Gasteiger partial charge in [0.15, 0.2) is 0 Å². The number of rotatable bonds is 5. The molecule has 116 valence electrons. The van der Waals surface area contributed by atoms with E-state index in [1.165, 1.54) is 4.90 Å². The molecule has 22 heavy (non-hydrogen) atoms. The van der Waals surface area contributed by atoms with Crippen molar-refractivity contribution in [2.24, 2.45) is 0 Å². The van der Waals surface area contributed by atoms with Gasteiger partial charge >= 0.3 is 6.03 Å². The first kappa shape index (κ1) is 16.5. The zero-order valence-corrected chi connectivity index (χ0v) is 13.6. The van der Waals surface area contributed by atoms with Gasteiger partial charge in [0.2, 0.25) is 0 Å². The van der Waals surface area contributed by atoms with E-state index in [-0.39, 0.29) is 6.03 Å². The second-order valence-corrected chi connectivity index (χ2v) is 5.48. The largest absolute Gasteiger partial charge is 0.492 e. The summed E-state index contributed by atoms with van der Waals surface area (Å²) in [4.78, 5) is 13.6. The third kappa shape index (κ3) is 4.83. The molecule has 0 saturated heterocycles. The van der Waals surface area contributed by atoms with Crippen molar-refractivity contribution < 1.29 is 9.53 Å². The van der Waals surface area contributed by atoms with Crippen molar-refractivity contribution >= 4 is 34.9 Å². The Morgan fingerprint density at radius 1 is 1.14 bits per heavy atom. The first-order valence-electron chi connectivity index (χ1n) is 6.71. The highest BCUT2D eigenvalue weighted by Crippen LogP contribution is 2.20. The minimum atomic E-state index is -0.243. The fourth-order valence-electron chi connectivity index (χ4n) is 1.71. The van der Waals surface area contributed by atoms with Crippen LogP contribution in [0.5, 0.6) is 5.75 Å². The zero-order valence-electron chi connectivity index (χ0n) is 12.1. The molecule has 0 radical (unpaired) electrons. The van der Waals surface area contributed by atoms with Crippen molar-refractivity contribution in [1.29, 1.82) is 0 Å². The SMILES string of the molecule is CN(CCOc1ccc(Cl)cc1)C(=O)Nc1ccccc1Cl. The summed E-state index contributed by atoms with van der Waals surface area (Å²) in [6.07, 6.45) is 0. The average Bonchev–Trinajstić information content (AvgIpc) is 2.51. The summed E-state index contributed by atoms with van der Waals surface area (Å²) < 4.78 is 5.55. The number of urea groups is 1. The van der Waals surface area contributed by atoms with E-state index in [1.807, 2.05) is 12.1 Å². The third-order valence-corrected chi connectivity index (χ3v) is 3.55. The third-order valence-electron chi connectivity index (χ3n) is 2.97. The summed E-state index contributed by atoms with van der Waals surface area (Å²) in [5.74, 6) is 0.712. The molecule has 0 heterocycles. The minimum Gasteiger partial charge on any atom is -0.492 e. The lowest BCUT2D eigenvalue weighted by atomic mass is 10.3. The smallest absolute Gasteiger partial charge is 0.321 e. The Hall–Kier alpha value is -1.91. The van der Waals surface area contributed by atoms with Crippen molar-refractivity contribution in [2.45, 2.75) is 0 Å². The second kappa shape index (κ2) is 7.92. The standard InChI is InChI=1S/C16H16Cl2N2O2/c1-20(10-11-22-13-8-6-12(17)7-9-13)16(21)19-15-5-3-2-4-14(15)18/h2-9H,10-11H2,1H3,(H,19,21). The first-order chi connectivity index (χ1) is 10.6. The van der Waals surface area contributed by atoms with Crippen molar-refractivity contribution in [2.75, 3.05) is 25.5 Å². The fraction of sp³-hybridized carbons (Fsp3) is 0.188. The molecule has 2 rings (SSSR count). The number of ether oxygens (including phenoxy) is 1. The molecule has 0 saturated carbocycles. The summed E-state index contributed by atoms with van der Waals surface area (Å²) >= 11 is 11.8. The number of hydrogen-bond donors (Lipinski definition) is 1. The van der Waals surface area contributed by atoms with Gasteiger partial charge in [-0.2, -0.15) is 0 Å². The lowest BCUT2D eigenvalue weighted by Gasteiger charge is -2.18. The van der Waals surface area contributed by atoms with Crippen LogP contribution < -0.4 is 10.1 Å². The Morgan fingerprint density at radius 3 is 2.50 bits per heavy atom. The number of anilines is 1. The number of benzene rings is 2. The highest BCUT2D eigenvalue weighted by atomic mass is 35.5. The molecule has 4 nitrogen and oxygen atoms in total. The van der Waals surface area contributed by atoms with Crippen LogP contribution in [0, 0.1) is 0 Å². The normalized spacial score (nSPS) is 10.1. The summed E-state index contributed by atoms with van der Waals surface area (Å²) in [5.41, 5.74) is 0.583. The van der Waals surface area contributed by atoms with Gasteiger partial charge in [-0.1, -0.05) is 35.3 Å². The van der Waals surface area contributed by atoms with Crippen molar-refractivity contribution in [1.82, 2.24) is 4.90 Å². The number of amides is 2. The monoisotopic (exact) mass is 338 g/mol. The van der Waals surface area contributed by atoms with Gasteiger partial charge < -0.3 is 15.0 Å². The van der Waals surface area contributed by atoms with Gasteiger partial charge in [-0.25, -0.2) is 4.79 Å². The van der Waals surface area contributed by atoms with E-state index in [4.69, 9.17) is 27.9 Å². The van der Waals surface area contributed by atoms with E-state index < -0.39 is 0 Å². The van der Waals surface area contributed by atoms with Gasteiger partial charge in [0.05, 0.1) is 17.3 Å². The van der Waals surface area contributed by atoms with Gasteiger partial charge in [-0.3, -0.25) is 0 Å². The summed E-state index contributed by atoms with van der Waals surface area (Å²) in [7, 11) is 1.69. The van der Waals surface area contributed by atoms with E-state index in [0.29, 0.717) is 34.6 Å². The summed E-state index contributed by atoms with van der Waals surface area (Å²) in [6.45, 7) is 0.826. The lowest BCUT2D eigenvalue weighted by Crippen LogP contribution is -2.34. The van der Waals surface area contributed by atoms with Crippen LogP contribution in [0.3, 0.4) is 0 Å². The number of hydrogen-bond acceptors (Lipinski definition) is 2. The van der Waals surface area contributed by atoms with Crippen LogP contribution in [0.25, 0.3) is 0 Å². The van der Waals surface area contributed by atoms with Crippen molar-refractivity contribution in [3.63, 3.8) is 0 Å². The van der Waals surface area contributed by atoms with Crippen LogP contribution in [0.15, 0.2) is 48.5 Å². The van der Waals surface area contributed by atoms with Crippen LogP contribution in [-0.2, 0) is 0 Å². The van der Waals surface area contributed by atoms with Crippen molar-refractivity contribution in [3.05, 3.63) is 58.6 Å². The van der Waals surface area contributed by atoms with E-state index in [9.17, 15) is 4.79 Å². The molecule has 2 aromatic rings. The van der Waals surface area contributed by atoms with Crippen LogP contribution >= 0.6 is 23.2 Å². The van der Waals surface area contributed by atoms with Crippen LogP contribution in [0.2, 0.25) is 10.0 Å². The van der Waals surface area contributed by atoms with Crippen molar-refractivity contribution in [3.8, 4) is 5.75 Å². The summed E-state index contributed by atoms with van der Waals surface area (Å²) in [6, 6.07) is 13.9. The van der Waals surface area contributed by atoms with Gasteiger partial charge in [0.1, 0.15) is 12.4 Å². The topological polar surface area (TPSA) is 41.6 Å². The maximum Gasteiger partial charge on any atom is 0.321 e. The van der Waals surface area contributed by atoms with Crippen LogP contribution in [0.1, 0.15) is 0 Å². The lowest BCUT2D eigenvalue weighted by molar-refractivity contribution is 0.207. The van der Waals surface area contributed by atoms with Crippen LogP contribution in [0.4, 0.5) is 10.5 Å². The zero-order chi connectivity index (χ0) is 15.9. The van der Waals surface area contributed by atoms with Crippen LogP contribution in [-0.4, -0.2) is 31.1 Å². The number of carbonyl (C=O) groups excluding carboxylic acids is 1. The Labute approximate surface area is 139 Å². The molecular weight excluding hydrogens is 323 g/mol. The quantitative estimate of drug-likeness (QED) is 0.869. The Morgan fingerprint density at radius 2 is 1.82 bits per heavy atom. The highest BCUT2D eigenvalue weighted by Gasteiger charge is 2.10. The maximum atomic E-state index is 12.0.